The molecule has 0 aliphatic heterocycles. The van der Waals surface area contributed by atoms with Crippen LogP contribution in [-0.4, -0.2) is 13.4 Å². The van der Waals surface area contributed by atoms with Crippen molar-refractivity contribution in [2.75, 3.05) is 0 Å². The van der Waals surface area contributed by atoms with Gasteiger partial charge in [0, 0.05) is 20.9 Å². The van der Waals surface area contributed by atoms with Crippen LogP contribution in [0.15, 0.2) is 82.2 Å². The topological polar surface area (TPSA) is 76.0 Å². The van der Waals surface area contributed by atoms with Crippen LogP contribution in [0.3, 0.4) is 0 Å². The van der Waals surface area contributed by atoms with E-state index in [4.69, 9.17) is 5.14 Å². The smallest absolute Gasteiger partial charge is 0.238 e. The summed E-state index contributed by atoms with van der Waals surface area (Å²) in [6.45, 7) is 0. The maximum absolute atomic E-state index is 11.5. The van der Waals surface area contributed by atoms with Crippen molar-refractivity contribution in [1.82, 2.24) is 4.98 Å². The zero-order valence-corrected chi connectivity index (χ0v) is 16.0. The van der Waals surface area contributed by atoms with Crippen molar-refractivity contribution in [2.45, 2.75) is 4.90 Å². The monoisotopic (exact) mass is 426 g/mol. The van der Waals surface area contributed by atoms with Crippen molar-refractivity contribution in [3.05, 3.63) is 77.3 Å². The summed E-state index contributed by atoms with van der Waals surface area (Å²) in [6.07, 6.45) is 0. The quantitative estimate of drug-likeness (QED) is 0.487. The van der Waals surface area contributed by atoms with Crippen molar-refractivity contribution < 1.29 is 8.42 Å². The fraction of sp³-hybridized carbons (Fsp3) is 0. The van der Waals surface area contributed by atoms with Gasteiger partial charge in [0.1, 0.15) is 0 Å². The zero-order valence-electron chi connectivity index (χ0n) is 13.6. The van der Waals surface area contributed by atoms with Crippen LogP contribution in [0.4, 0.5) is 0 Å². The zero-order chi connectivity index (χ0) is 18.3. The van der Waals surface area contributed by atoms with Gasteiger partial charge in [-0.3, -0.25) is 0 Å². The molecular formula is C20H15BrN2O2S. The summed E-state index contributed by atoms with van der Waals surface area (Å²) in [5.74, 6) is 0. The summed E-state index contributed by atoms with van der Waals surface area (Å²) in [6, 6.07) is 22.8. The number of hydrogen-bond donors (Lipinski definition) is 2. The lowest BCUT2D eigenvalue weighted by molar-refractivity contribution is 0.598. The van der Waals surface area contributed by atoms with E-state index in [-0.39, 0.29) is 4.90 Å². The van der Waals surface area contributed by atoms with Gasteiger partial charge in [-0.25, -0.2) is 13.6 Å². The SMILES string of the molecule is NS(=O)(=O)c1ccc(-c2[nH]c3ccc(Br)cc3c2-c2ccccc2)cc1. The molecule has 0 unspecified atom stereocenters. The molecule has 6 heteroatoms. The second kappa shape index (κ2) is 6.39. The van der Waals surface area contributed by atoms with Crippen LogP contribution in [0, 0.1) is 0 Å². The van der Waals surface area contributed by atoms with Gasteiger partial charge >= 0.3 is 0 Å². The molecule has 4 aromatic rings. The van der Waals surface area contributed by atoms with Crippen LogP contribution in [0.5, 0.6) is 0 Å². The molecule has 1 aromatic heterocycles. The average Bonchev–Trinajstić information content (AvgIpc) is 3.00. The minimum absolute atomic E-state index is 0.0985. The maximum Gasteiger partial charge on any atom is 0.238 e. The highest BCUT2D eigenvalue weighted by Gasteiger charge is 2.16. The molecule has 0 bridgehead atoms. The molecule has 4 nitrogen and oxygen atoms in total. The van der Waals surface area contributed by atoms with Gasteiger partial charge in [-0.15, -0.1) is 0 Å². The molecule has 26 heavy (non-hydrogen) atoms. The van der Waals surface area contributed by atoms with Crippen LogP contribution in [0.2, 0.25) is 0 Å². The van der Waals surface area contributed by atoms with Crippen LogP contribution >= 0.6 is 15.9 Å². The Morgan fingerprint density at radius 1 is 0.846 bits per heavy atom. The number of nitrogens with one attached hydrogen (secondary N) is 1. The van der Waals surface area contributed by atoms with Crippen molar-refractivity contribution in [2.24, 2.45) is 5.14 Å². The number of aromatic amines is 1. The number of primary sulfonamides is 1. The first-order valence-corrected chi connectivity index (χ1v) is 10.3. The number of benzene rings is 3. The molecule has 0 aliphatic carbocycles. The van der Waals surface area contributed by atoms with E-state index in [0.29, 0.717) is 0 Å². The second-order valence-electron chi connectivity index (χ2n) is 6.00. The van der Waals surface area contributed by atoms with Crippen molar-refractivity contribution in [3.63, 3.8) is 0 Å². The molecule has 0 saturated heterocycles. The summed E-state index contributed by atoms with van der Waals surface area (Å²) in [4.78, 5) is 3.56. The maximum atomic E-state index is 11.5. The fourth-order valence-corrected chi connectivity index (χ4v) is 3.97. The Bertz CT molecular complexity index is 1200. The van der Waals surface area contributed by atoms with Gasteiger partial charge in [0.25, 0.3) is 0 Å². The van der Waals surface area contributed by atoms with E-state index in [2.05, 4.69) is 39.1 Å². The molecule has 0 spiro atoms. The number of halogens is 1. The number of fused-ring (bicyclic) bond motifs is 1. The molecular weight excluding hydrogens is 412 g/mol. The molecule has 0 saturated carbocycles. The number of rotatable bonds is 3. The number of sulfonamides is 1. The molecule has 0 atom stereocenters. The van der Waals surface area contributed by atoms with Crippen LogP contribution < -0.4 is 5.14 Å². The van der Waals surface area contributed by atoms with Gasteiger partial charge in [0.15, 0.2) is 0 Å². The van der Waals surface area contributed by atoms with E-state index in [1.165, 1.54) is 12.1 Å². The highest BCUT2D eigenvalue weighted by molar-refractivity contribution is 9.10. The first kappa shape index (κ1) is 17.0. The van der Waals surface area contributed by atoms with Crippen LogP contribution in [-0.2, 0) is 10.0 Å². The molecule has 4 rings (SSSR count). The van der Waals surface area contributed by atoms with Gasteiger partial charge in [-0.1, -0.05) is 58.4 Å². The predicted molar refractivity (Wildman–Crippen MR) is 108 cm³/mol. The normalized spacial score (nSPS) is 11.8. The second-order valence-corrected chi connectivity index (χ2v) is 8.48. The van der Waals surface area contributed by atoms with E-state index in [1.54, 1.807) is 12.1 Å². The number of hydrogen-bond acceptors (Lipinski definition) is 2. The van der Waals surface area contributed by atoms with Gasteiger partial charge in [-0.05, 0) is 41.5 Å². The lowest BCUT2D eigenvalue weighted by atomic mass is 9.98. The first-order valence-electron chi connectivity index (χ1n) is 7.93. The largest absolute Gasteiger partial charge is 0.354 e. The third-order valence-electron chi connectivity index (χ3n) is 4.29. The van der Waals surface area contributed by atoms with E-state index in [9.17, 15) is 8.42 Å². The number of aromatic nitrogens is 1. The molecule has 3 N–H and O–H groups in total. The summed E-state index contributed by atoms with van der Waals surface area (Å²) in [5.41, 5.74) is 5.00. The third-order valence-corrected chi connectivity index (χ3v) is 5.72. The van der Waals surface area contributed by atoms with E-state index in [0.717, 1.165) is 37.8 Å². The lowest BCUT2D eigenvalue weighted by Gasteiger charge is -2.07. The third kappa shape index (κ3) is 3.07. The van der Waals surface area contributed by atoms with Crippen molar-refractivity contribution in [3.8, 4) is 22.4 Å². The Balaban J connectivity index is 1.98. The summed E-state index contributed by atoms with van der Waals surface area (Å²) < 4.78 is 24.0. The van der Waals surface area contributed by atoms with E-state index in [1.807, 2.05) is 30.3 Å². The predicted octanol–water partition coefficient (Wildman–Crippen LogP) is 4.91. The van der Waals surface area contributed by atoms with Gasteiger partial charge in [0.2, 0.25) is 10.0 Å². The minimum Gasteiger partial charge on any atom is -0.354 e. The minimum atomic E-state index is -3.71. The molecule has 0 radical (unpaired) electrons. The summed E-state index contributed by atoms with van der Waals surface area (Å²) in [5, 5.41) is 6.30. The Hall–Kier alpha value is -2.41. The van der Waals surface area contributed by atoms with Crippen LogP contribution in [0.25, 0.3) is 33.3 Å². The summed E-state index contributed by atoms with van der Waals surface area (Å²) >= 11 is 3.54. The average molecular weight is 427 g/mol. The van der Waals surface area contributed by atoms with Gasteiger partial charge < -0.3 is 4.98 Å². The standard InChI is InChI=1S/C20H15BrN2O2S/c21-15-8-11-18-17(12-15)19(13-4-2-1-3-5-13)20(23-18)14-6-9-16(10-7-14)26(22,24)25/h1-12,23H,(H2,22,24,25). The fourth-order valence-electron chi connectivity index (χ4n) is 3.10. The first-order chi connectivity index (χ1) is 12.4. The molecule has 130 valence electrons. The Morgan fingerprint density at radius 2 is 1.54 bits per heavy atom. The molecule has 0 fully saturated rings. The molecule has 0 aliphatic rings. The highest BCUT2D eigenvalue weighted by atomic mass is 79.9. The lowest BCUT2D eigenvalue weighted by Crippen LogP contribution is -2.11. The summed E-state index contributed by atoms with van der Waals surface area (Å²) in [7, 11) is -3.71. The Labute approximate surface area is 159 Å². The van der Waals surface area contributed by atoms with Gasteiger partial charge in [0.05, 0.1) is 10.6 Å². The molecule has 1 heterocycles. The highest BCUT2D eigenvalue weighted by Crippen LogP contribution is 2.39. The molecule has 0 amide bonds. The van der Waals surface area contributed by atoms with E-state index >= 15 is 0 Å². The Kier molecular flexibility index (Phi) is 4.19. The van der Waals surface area contributed by atoms with Crippen LogP contribution in [0.1, 0.15) is 0 Å². The Morgan fingerprint density at radius 3 is 2.19 bits per heavy atom. The van der Waals surface area contributed by atoms with Crippen molar-refractivity contribution in [1.29, 1.82) is 0 Å². The number of H-pyrrole nitrogens is 1. The number of nitrogens with two attached hydrogens (primary N) is 1. The van der Waals surface area contributed by atoms with Crippen molar-refractivity contribution >= 4 is 36.9 Å². The van der Waals surface area contributed by atoms with E-state index < -0.39 is 10.0 Å². The van der Waals surface area contributed by atoms with Gasteiger partial charge in [-0.2, -0.15) is 0 Å². The molecule has 3 aromatic carbocycles.